The number of imide groups is 1. The van der Waals surface area contributed by atoms with E-state index in [1.807, 2.05) is 19.9 Å². The van der Waals surface area contributed by atoms with Crippen LogP contribution in [0.2, 0.25) is 0 Å². The molecule has 1 atom stereocenters. The van der Waals surface area contributed by atoms with Gasteiger partial charge in [0.05, 0.1) is 11.4 Å². The molecule has 0 unspecified atom stereocenters. The van der Waals surface area contributed by atoms with Gasteiger partial charge in [0.15, 0.2) is 0 Å². The lowest BCUT2D eigenvalue weighted by Crippen LogP contribution is -2.37. The first-order chi connectivity index (χ1) is 12.8. The molecule has 1 aromatic carbocycles. The van der Waals surface area contributed by atoms with Crippen LogP contribution in [0.4, 0.5) is 21.0 Å². The second kappa shape index (κ2) is 7.48. The summed E-state index contributed by atoms with van der Waals surface area (Å²) < 4.78 is 0. The van der Waals surface area contributed by atoms with Crippen molar-refractivity contribution in [1.82, 2.24) is 20.4 Å². The number of aromatic amines is 1. The minimum atomic E-state index is -0.385. The molecule has 0 aliphatic carbocycles. The van der Waals surface area contributed by atoms with Crippen molar-refractivity contribution < 1.29 is 14.4 Å². The maximum atomic E-state index is 12.2. The molecule has 142 valence electrons. The zero-order chi connectivity index (χ0) is 19.6. The Balaban J connectivity index is 1.61. The van der Waals surface area contributed by atoms with Crippen molar-refractivity contribution in [3.63, 3.8) is 0 Å². The van der Waals surface area contributed by atoms with Crippen molar-refractivity contribution in [1.29, 1.82) is 0 Å². The number of H-pyrrole nitrogens is 1. The Morgan fingerprint density at radius 1 is 1.33 bits per heavy atom. The van der Waals surface area contributed by atoms with Gasteiger partial charge in [-0.25, -0.2) is 14.5 Å². The third-order valence-electron chi connectivity index (χ3n) is 4.15. The quantitative estimate of drug-likeness (QED) is 0.698. The molecule has 1 saturated heterocycles. The molecule has 3 rings (SSSR count). The van der Waals surface area contributed by atoms with Crippen LogP contribution in [-0.2, 0) is 11.2 Å². The molecule has 0 spiro atoms. The predicted molar refractivity (Wildman–Crippen MR) is 101 cm³/mol. The number of nitrogens with one attached hydrogen (secondary N) is 3. The Kier molecular flexibility index (Phi) is 5.11. The van der Waals surface area contributed by atoms with Crippen molar-refractivity contribution in [3.05, 3.63) is 41.7 Å². The Morgan fingerprint density at radius 3 is 2.74 bits per heavy atom. The van der Waals surface area contributed by atoms with Crippen LogP contribution in [0.1, 0.15) is 18.3 Å². The van der Waals surface area contributed by atoms with Crippen LogP contribution < -0.4 is 15.5 Å². The monoisotopic (exact) mass is 370 g/mol. The van der Waals surface area contributed by atoms with Gasteiger partial charge >= 0.3 is 12.1 Å². The van der Waals surface area contributed by atoms with Gasteiger partial charge in [0, 0.05) is 30.9 Å². The number of aryl methyl sites for hydroxylation is 1. The van der Waals surface area contributed by atoms with Crippen molar-refractivity contribution >= 4 is 29.3 Å². The minimum Gasteiger partial charge on any atom is -0.335 e. The maximum Gasteiger partial charge on any atom is 0.331 e. The van der Waals surface area contributed by atoms with E-state index in [2.05, 4.69) is 20.8 Å². The Morgan fingerprint density at radius 2 is 2.11 bits per heavy atom. The van der Waals surface area contributed by atoms with Gasteiger partial charge in [0.2, 0.25) is 0 Å². The van der Waals surface area contributed by atoms with E-state index >= 15 is 0 Å². The molecule has 3 N–H and O–H groups in total. The van der Waals surface area contributed by atoms with Crippen LogP contribution in [0.25, 0.3) is 0 Å². The highest BCUT2D eigenvalue weighted by Gasteiger charge is 2.34. The van der Waals surface area contributed by atoms with Gasteiger partial charge in [-0.2, -0.15) is 5.10 Å². The summed E-state index contributed by atoms with van der Waals surface area (Å²) in [5, 5.41) is 12.6. The lowest BCUT2D eigenvalue weighted by atomic mass is 10.2. The van der Waals surface area contributed by atoms with E-state index in [1.54, 1.807) is 31.3 Å². The third kappa shape index (κ3) is 4.25. The van der Waals surface area contributed by atoms with Crippen molar-refractivity contribution in [3.8, 4) is 0 Å². The number of nitrogens with zero attached hydrogens (tertiary/aromatic N) is 3. The summed E-state index contributed by atoms with van der Waals surface area (Å²) in [4.78, 5) is 38.8. The number of anilines is 2. The molecule has 1 aromatic heterocycles. The predicted octanol–water partition coefficient (Wildman–Crippen LogP) is 1.87. The number of amides is 5. The van der Waals surface area contributed by atoms with Crippen LogP contribution in [0, 0.1) is 6.92 Å². The number of benzene rings is 1. The summed E-state index contributed by atoms with van der Waals surface area (Å²) in [6.07, 6.45) is 0.598. The number of rotatable bonds is 5. The summed E-state index contributed by atoms with van der Waals surface area (Å²) >= 11 is 0. The number of likely N-dealkylation sites (N-methyl/N-ethyl adjacent to an activating group) is 1. The Labute approximate surface area is 156 Å². The van der Waals surface area contributed by atoms with E-state index in [0.717, 1.165) is 16.3 Å². The summed E-state index contributed by atoms with van der Waals surface area (Å²) in [6, 6.07) is 7.68. The number of hydrogen-bond acceptors (Lipinski definition) is 4. The summed E-state index contributed by atoms with van der Waals surface area (Å²) in [5.41, 5.74) is 2.75. The smallest absolute Gasteiger partial charge is 0.331 e. The highest BCUT2D eigenvalue weighted by molar-refractivity contribution is 6.19. The maximum absolute atomic E-state index is 12.2. The normalized spacial score (nSPS) is 15.2. The summed E-state index contributed by atoms with van der Waals surface area (Å²) in [7, 11) is 1.57. The van der Waals surface area contributed by atoms with Gasteiger partial charge in [0.25, 0.3) is 5.91 Å². The Hall–Kier alpha value is -3.36. The lowest BCUT2D eigenvalue weighted by molar-refractivity contribution is -0.116. The van der Waals surface area contributed by atoms with Gasteiger partial charge in [-0.1, -0.05) is 6.07 Å². The van der Waals surface area contributed by atoms with E-state index in [-0.39, 0.29) is 30.6 Å². The van der Waals surface area contributed by atoms with Gasteiger partial charge in [-0.15, -0.1) is 0 Å². The average Bonchev–Trinajstić information content (AvgIpc) is 3.10. The molecule has 2 aromatic rings. The van der Waals surface area contributed by atoms with E-state index in [9.17, 15) is 14.4 Å². The first-order valence-corrected chi connectivity index (χ1v) is 8.60. The molecule has 5 amide bonds. The molecule has 1 aliphatic heterocycles. The molecule has 9 heteroatoms. The van der Waals surface area contributed by atoms with Gasteiger partial charge < -0.3 is 15.5 Å². The number of carbonyl (C=O) groups excluding carboxylic acids is 3. The number of hydrogen-bond donors (Lipinski definition) is 3. The molecule has 1 aliphatic rings. The zero-order valence-electron chi connectivity index (χ0n) is 15.4. The van der Waals surface area contributed by atoms with E-state index in [4.69, 9.17) is 0 Å². The van der Waals surface area contributed by atoms with Crippen LogP contribution in [0.15, 0.2) is 30.3 Å². The Bertz CT molecular complexity index is 877. The molecule has 2 heterocycles. The fourth-order valence-corrected chi connectivity index (χ4v) is 2.93. The zero-order valence-corrected chi connectivity index (χ0v) is 15.4. The highest BCUT2D eigenvalue weighted by atomic mass is 16.2. The number of urea groups is 2. The van der Waals surface area contributed by atoms with Crippen molar-refractivity contribution in [2.75, 3.05) is 23.8 Å². The molecule has 1 fully saturated rings. The number of carbonyl (C=O) groups is 3. The minimum absolute atomic E-state index is 0.0428. The SMILES string of the molecule is Cc1cc(C[C@H](C)NC(=O)Nc2cccc(N3C(=O)CN(C)C3=O)c2)n[nH]1. The van der Waals surface area contributed by atoms with E-state index < -0.39 is 0 Å². The molecule has 0 bridgehead atoms. The van der Waals surface area contributed by atoms with E-state index in [0.29, 0.717) is 17.8 Å². The first kappa shape index (κ1) is 18.4. The first-order valence-electron chi connectivity index (χ1n) is 8.60. The van der Waals surface area contributed by atoms with Crippen LogP contribution in [0.5, 0.6) is 0 Å². The van der Waals surface area contributed by atoms with Gasteiger partial charge in [-0.05, 0) is 38.1 Å². The second-order valence-electron chi connectivity index (χ2n) is 6.66. The second-order valence-corrected chi connectivity index (χ2v) is 6.66. The molecule has 27 heavy (non-hydrogen) atoms. The summed E-state index contributed by atoms with van der Waals surface area (Å²) in [6.45, 7) is 3.85. The standard InChI is InChI=1S/C18H22N6O3/c1-11(7-14-8-12(2)21-22-14)19-17(26)20-13-5-4-6-15(9-13)24-16(25)10-23(3)18(24)27/h4-6,8-9,11H,7,10H2,1-3H3,(H,21,22)(H2,19,20,26)/t11-/m0/s1. The fourth-order valence-electron chi connectivity index (χ4n) is 2.93. The number of aromatic nitrogens is 2. The molecule has 9 nitrogen and oxygen atoms in total. The summed E-state index contributed by atoms with van der Waals surface area (Å²) in [5.74, 6) is -0.299. The van der Waals surface area contributed by atoms with Crippen molar-refractivity contribution in [2.45, 2.75) is 26.3 Å². The van der Waals surface area contributed by atoms with Crippen LogP contribution >= 0.6 is 0 Å². The topological polar surface area (TPSA) is 110 Å². The largest absolute Gasteiger partial charge is 0.335 e. The molecular weight excluding hydrogens is 348 g/mol. The van der Waals surface area contributed by atoms with Crippen molar-refractivity contribution in [2.24, 2.45) is 0 Å². The highest BCUT2D eigenvalue weighted by Crippen LogP contribution is 2.23. The van der Waals surface area contributed by atoms with Gasteiger partial charge in [0.1, 0.15) is 6.54 Å². The third-order valence-corrected chi connectivity index (χ3v) is 4.15. The molecule has 0 saturated carbocycles. The molecule has 0 radical (unpaired) electrons. The average molecular weight is 370 g/mol. The molecular formula is C18H22N6O3. The van der Waals surface area contributed by atoms with Gasteiger partial charge in [-0.3, -0.25) is 9.89 Å². The van der Waals surface area contributed by atoms with E-state index in [1.165, 1.54) is 4.90 Å². The van der Waals surface area contributed by atoms with Crippen LogP contribution in [-0.4, -0.2) is 52.7 Å². The fraction of sp³-hybridized carbons (Fsp3) is 0.333. The van der Waals surface area contributed by atoms with Crippen LogP contribution in [0.3, 0.4) is 0 Å². The lowest BCUT2D eigenvalue weighted by Gasteiger charge is -2.16.